The Balaban J connectivity index is 2.03. The van der Waals surface area contributed by atoms with Crippen LogP contribution < -0.4 is 0 Å². The molecule has 0 aliphatic heterocycles. The minimum atomic E-state index is 0.785. The Labute approximate surface area is 112 Å². The summed E-state index contributed by atoms with van der Waals surface area (Å²) < 4.78 is 2.78. The van der Waals surface area contributed by atoms with E-state index in [9.17, 15) is 0 Å². The Kier molecular flexibility index (Phi) is 3.12. The van der Waals surface area contributed by atoms with Crippen LogP contribution in [0.1, 0.15) is 0 Å². The SMILES string of the molecule is C=CCSc1nn2c(-c3ccccc3)nnc2s1. The van der Waals surface area contributed by atoms with Crippen molar-refractivity contribution in [2.45, 2.75) is 4.34 Å². The first-order valence-corrected chi connectivity index (χ1v) is 7.20. The van der Waals surface area contributed by atoms with Gasteiger partial charge in [0, 0.05) is 11.3 Å². The van der Waals surface area contributed by atoms with Crippen molar-refractivity contribution in [2.75, 3.05) is 5.75 Å². The van der Waals surface area contributed by atoms with Gasteiger partial charge in [-0.1, -0.05) is 59.5 Å². The number of hydrogen-bond acceptors (Lipinski definition) is 5. The second-order valence-electron chi connectivity index (χ2n) is 3.55. The standard InChI is InChI=1S/C12H10N4S2/c1-2-8-17-12-15-16-10(13-14-11(16)18-12)9-6-4-3-5-7-9/h2-7H,1,8H2. The van der Waals surface area contributed by atoms with E-state index in [4.69, 9.17) is 0 Å². The van der Waals surface area contributed by atoms with Gasteiger partial charge in [0.05, 0.1) is 0 Å². The molecule has 0 amide bonds. The maximum absolute atomic E-state index is 4.51. The first-order chi connectivity index (χ1) is 8.88. The summed E-state index contributed by atoms with van der Waals surface area (Å²) in [6.07, 6.45) is 1.87. The predicted molar refractivity (Wildman–Crippen MR) is 75.0 cm³/mol. The molecular formula is C12H10N4S2. The predicted octanol–water partition coefficient (Wildman–Crippen LogP) is 3.13. The summed E-state index contributed by atoms with van der Waals surface area (Å²) in [5, 5.41) is 12.8. The van der Waals surface area contributed by atoms with E-state index in [1.54, 1.807) is 27.6 Å². The molecule has 3 aromatic rings. The van der Waals surface area contributed by atoms with Crippen molar-refractivity contribution in [1.82, 2.24) is 19.8 Å². The summed E-state index contributed by atoms with van der Waals surface area (Å²) in [4.78, 5) is 0.820. The van der Waals surface area contributed by atoms with Gasteiger partial charge in [-0.25, -0.2) is 0 Å². The molecule has 0 saturated heterocycles. The molecule has 90 valence electrons. The minimum Gasteiger partial charge on any atom is -0.182 e. The van der Waals surface area contributed by atoms with Gasteiger partial charge in [-0.15, -0.1) is 21.9 Å². The molecule has 0 bridgehead atoms. The van der Waals surface area contributed by atoms with E-state index in [-0.39, 0.29) is 0 Å². The first kappa shape index (κ1) is 11.4. The highest BCUT2D eigenvalue weighted by Crippen LogP contribution is 2.27. The number of nitrogens with zero attached hydrogens (tertiary/aromatic N) is 4. The highest BCUT2D eigenvalue weighted by atomic mass is 32.2. The molecule has 0 spiro atoms. The Morgan fingerprint density at radius 1 is 1.28 bits per heavy atom. The maximum atomic E-state index is 4.51. The molecule has 3 rings (SSSR count). The zero-order valence-corrected chi connectivity index (χ0v) is 11.1. The third-order valence-corrected chi connectivity index (χ3v) is 4.36. The van der Waals surface area contributed by atoms with Gasteiger partial charge in [0.2, 0.25) is 4.96 Å². The number of thioether (sulfide) groups is 1. The van der Waals surface area contributed by atoms with E-state index in [1.807, 2.05) is 36.4 Å². The molecule has 0 saturated carbocycles. The highest BCUT2D eigenvalue weighted by molar-refractivity contribution is 8.01. The molecule has 0 aliphatic rings. The molecule has 0 aliphatic carbocycles. The number of rotatable bonds is 4. The van der Waals surface area contributed by atoms with Crippen molar-refractivity contribution < 1.29 is 0 Å². The third kappa shape index (κ3) is 2.04. The molecule has 0 fully saturated rings. The van der Waals surface area contributed by atoms with Crippen molar-refractivity contribution in [3.63, 3.8) is 0 Å². The maximum Gasteiger partial charge on any atom is 0.235 e. The van der Waals surface area contributed by atoms with Gasteiger partial charge in [-0.2, -0.15) is 4.52 Å². The molecular weight excluding hydrogens is 264 g/mol. The van der Waals surface area contributed by atoms with Crippen LogP contribution >= 0.6 is 23.1 Å². The Hall–Kier alpha value is -1.66. The number of aromatic nitrogens is 4. The molecule has 4 nitrogen and oxygen atoms in total. The lowest BCUT2D eigenvalue weighted by Gasteiger charge is -1.95. The lowest BCUT2D eigenvalue weighted by Crippen LogP contribution is -1.90. The van der Waals surface area contributed by atoms with Crippen LogP contribution in [-0.2, 0) is 0 Å². The molecule has 1 aromatic carbocycles. The van der Waals surface area contributed by atoms with E-state index in [0.717, 1.165) is 26.4 Å². The largest absolute Gasteiger partial charge is 0.235 e. The number of benzene rings is 1. The topological polar surface area (TPSA) is 43.1 Å². The lowest BCUT2D eigenvalue weighted by atomic mass is 10.2. The van der Waals surface area contributed by atoms with Gasteiger partial charge in [-0.05, 0) is 0 Å². The normalized spacial score (nSPS) is 10.9. The summed E-state index contributed by atoms with van der Waals surface area (Å²) in [5.74, 6) is 1.64. The fraction of sp³-hybridized carbons (Fsp3) is 0.0833. The quantitative estimate of drug-likeness (QED) is 0.541. The fourth-order valence-corrected chi connectivity index (χ4v) is 3.19. The monoisotopic (exact) mass is 274 g/mol. The Bertz CT molecular complexity index is 672. The molecule has 6 heteroatoms. The van der Waals surface area contributed by atoms with Gasteiger partial charge in [0.25, 0.3) is 0 Å². The van der Waals surface area contributed by atoms with Crippen LogP contribution in [0.5, 0.6) is 0 Å². The van der Waals surface area contributed by atoms with Crippen LogP contribution in [0.2, 0.25) is 0 Å². The van der Waals surface area contributed by atoms with E-state index < -0.39 is 0 Å². The van der Waals surface area contributed by atoms with E-state index >= 15 is 0 Å². The summed E-state index contributed by atoms with van der Waals surface area (Å²) in [7, 11) is 0. The van der Waals surface area contributed by atoms with Crippen LogP contribution in [-0.4, -0.2) is 25.6 Å². The average Bonchev–Trinajstić information content (AvgIpc) is 2.96. The minimum absolute atomic E-state index is 0.785. The van der Waals surface area contributed by atoms with Gasteiger partial charge in [0.1, 0.15) is 0 Å². The Morgan fingerprint density at radius 3 is 2.89 bits per heavy atom. The molecule has 0 radical (unpaired) electrons. The lowest BCUT2D eigenvalue weighted by molar-refractivity contribution is 0.912. The van der Waals surface area contributed by atoms with E-state index in [0.29, 0.717) is 0 Å². The second kappa shape index (κ2) is 4.91. The van der Waals surface area contributed by atoms with Crippen molar-refractivity contribution >= 4 is 28.1 Å². The van der Waals surface area contributed by atoms with Crippen molar-refractivity contribution in [3.8, 4) is 11.4 Å². The Morgan fingerprint density at radius 2 is 2.11 bits per heavy atom. The number of hydrogen-bond donors (Lipinski definition) is 0. The van der Waals surface area contributed by atoms with Crippen LogP contribution in [0.3, 0.4) is 0 Å². The smallest absolute Gasteiger partial charge is 0.182 e. The molecule has 2 heterocycles. The summed E-state index contributed by atoms with van der Waals surface area (Å²) in [6.45, 7) is 3.70. The van der Waals surface area contributed by atoms with Crippen LogP contribution in [0, 0.1) is 0 Å². The van der Waals surface area contributed by atoms with Gasteiger partial charge in [0.15, 0.2) is 10.2 Å². The molecule has 0 unspecified atom stereocenters. The summed E-state index contributed by atoms with van der Waals surface area (Å²) >= 11 is 3.20. The zero-order chi connectivity index (χ0) is 12.4. The average molecular weight is 274 g/mol. The third-order valence-electron chi connectivity index (χ3n) is 2.33. The fourth-order valence-electron chi connectivity index (χ4n) is 1.56. The molecule has 2 aromatic heterocycles. The van der Waals surface area contributed by atoms with Crippen LogP contribution in [0.4, 0.5) is 0 Å². The van der Waals surface area contributed by atoms with Crippen molar-refractivity contribution in [2.24, 2.45) is 0 Å². The highest BCUT2D eigenvalue weighted by Gasteiger charge is 2.12. The molecule has 0 atom stereocenters. The molecule has 0 N–H and O–H groups in total. The number of fused-ring (bicyclic) bond motifs is 1. The summed E-state index contributed by atoms with van der Waals surface area (Å²) in [6, 6.07) is 9.96. The van der Waals surface area contributed by atoms with Crippen LogP contribution in [0.25, 0.3) is 16.3 Å². The van der Waals surface area contributed by atoms with E-state index in [2.05, 4.69) is 21.9 Å². The van der Waals surface area contributed by atoms with E-state index in [1.165, 1.54) is 0 Å². The second-order valence-corrected chi connectivity index (χ2v) is 5.77. The van der Waals surface area contributed by atoms with Crippen molar-refractivity contribution in [1.29, 1.82) is 0 Å². The first-order valence-electron chi connectivity index (χ1n) is 5.40. The van der Waals surface area contributed by atoms with Gasteiger partial charge in [-0.3, -0.25) is 0 Å². The van der Waals surface area contributed by atoms with Gasteiger partial charge >= 0.3 is 0 Å². The van der Waals surface area contributed by atoms with Gasteiger partial charge < -0.3 is 0 Å². The molecule has 18 heavy (non-hydrogen) atoms. The van der Waals surface area contributed by atoms with Crippen molar-refractivity contribution in [3.05, 3.63) is 43.0 Å². The zero-order valence-electron chi connectivity index (χ0n) is 9.48. The summed E-state index contributed by atoms with van der Waals surface area (Å²) in [5.41, 5.74) is 1.02. The van der Waals surface area contributed by atoms with Crippen LogP contribution in [0.15, 0.2) is 47.3 Å².